The van der Waals surface area contributed by atoms with Gasteiger partial charge in [0.1, 0.15) is 11.0 Å². The third-order valence-corrected chi connectivity index (χ3v) is 6.27. The van der Waals surface area contributed by atoms with Crippen molar-refractivity contribution in [2.24, 2.45) is 4.99 Å². The van der Waals surface area contributed by atoms with Gasteiger partial charge in [-0.1, -0.05) is 25.1 Å². The number of hydrogen-bond donors (Lipinski definition) is 1. The van der Waals surface area contributed by atoms with E-state index in [4.69, 9.17) is 14.2 Å². The van der Waals surface area contributed by atoms with Crippen LogP contribution in [0.4, 0.5) is 11.4 Å². The summed E-state index contributed by atoms with van der Waals surface area (Å²) in [5.74, 6) is 1.48. The molecule has 0 saturated carbocycles. The number of unbranched alkanes of at least 4 members (excludes halogenated alkanes) is 1. The molecule has 33 heavy (non-hydrogen) atoms. The number of anilines is 1. The summed E-state index contributed by atoms with van der Waals surface area (Å²) in [5.41, 5.74) is 1.30. The number of nitrogens with one attached hydrogen (secondary N) is 1. The molecule has 1 unspecified atom stereocenters. The minimum absolute atomic E-state index is 0.0438. The first kappa shape index (κ1) is 24.4. The van der Waals surface area contributed by atoms with Gasteiger partial charge in [-0.05, 0) is 42.8 Å². The Balaban J connectivity index is 1.72. The Kier molecular flexibility index (Phi) is 8.59. The molecule has 2 amide bonds. The molecular formula is C24H29N3O5S. The summed E-state index contributed by atoms with van der Waals surface area (Å²) in [6.45, 7) is 2.65. The van der Waals surface area contributed by atoms with Crippen LogP contribution in [0.15, 0.2) is 47.5 Å². The molecular weight excluding hydrogens is 442 g/mol. The lowest BCUT2D eigenvalue weighted by molar-refractivity contribution is -0.128. The Hall–Kier alpha value is -3.20. The number of nitrogens with zero attached hydrogens (tertiary/aromatic N) is 2. The second-order valence-corrected chi connectivity index (χ2v) is 8.53. The van der Waals surface area contributed by atoms with Crippen LogP contribution in [0.1, 0.15) is 26.2 Å². The van der Waals surface area contributed by atoms with Crippen LogP contribution >= 0.6 is 11.8 Å². The zero-order chi connectivity index (χ0) is 23.8. The van der Waals surface area contributed by atoms with Gasteiger partial charge in [0.05, 0.1) is 27.0 Å². The van der Waals surface area contributed by atoms with Crippen molar-refractivity contribution in [3.63, 3.8) is 0 Å². The molecule has 8 nitrogen and oxygen atoms in total. The van der Waals surface area contributed by atoms with E-state index in [0.717, 1.165) is 24.3 Å². The molecule has 2 aromatic carbocycles. The quantitative estimate of drug-likeness (QED) is 0.550. The van der Waals surface area contributed by atoms with Crippen LogP contribution in [-0.4, -0.2) is 55.0 Å². The molecule has 1 heterocycles. The first-order valence-corrected chi connectivity index (χ1v) is 11.6. The summed E-state index contributed by atoms with van der Waals surface area (Å²) < 4.78 is 15.7. The summed E-state index contributed by atoms with van der Waals surface area (Å²) in [6.07, 6.45) is 1.86. The van der Waals surface area contributed by atoms with Crippen LogP contribution < -0.4 is 19.5 Å². The number of benzene rings is 2. The van der Waals surface area contributed by atoms with E-state index in [-0.39, 0.29) is 18.2 Å². The standard InChI is InChI=1S/C24H29N3O5S/c1-5-6-13-27-23(29)21(33-24(27)26-16-7-10-18(30-2)11-8-16)15-22(28)25-17-9-12-19(31-3)20(14-17)32-4/h7-12,14,21H,5-6,13,15H2,1-4H3,(H,25,28). The van der Waals surface area contributed by atoms with Gasteiger partial charge in [0.2, 0.25) is 11.8 Å². The fraction of sp³-hybridized carbons (Fsp3) is 0.375. The van der Waals surface area contributed by atoms with Crippen LogP contribution in [0.2, 0.25) is 0 Å². The fourth-order valence-corrected chi connectivity index (χ4v) is 4.49. The van der Waals surface area contributed by atoms with Gasteiger partial charge in [0.15, 0.2) is 16.7 Å². The van der Waals surface area contributed by atoms with Crippen molar-refractivity contribution in [2.75, 3.05) is 33.2 Å². The number of carbonyl (C=O) groups excluding carboxylic acids is 2. The zero-order valence-corrected chi connectivity index (χ0v) is 20.1. The van der Waals surface area contributed by atoms with E-state index >= 15 is 0 Å². The first-order chi connectivity index (χ1) is 16.0. The molecule has 1 aliphatic rings. The van der Waals surface area contributed by atoms with Gasteiger partial charge in [0, 0.05) is 24.7 Å². The number of carbonyl (C=O) groups is 2. The maximum absolute atomic E-state index is 13.1. The van der Waals surface area contributed by atoms with Crippen molar-refractivity contribution in [1.82, 2.24) is 4.90 Å². The average Bonchev–Trinajstić information content (AvgIpc) is 3.11. The summed E-state index contributed by atoms with van der Waals surface area (Å²) >= 11 is 1.32. The molecule has 1 N–H and O–H groups in total. The molecule has 0 aliphatic carbocycles. The summed E-state index contributed by atoms with van der Waals surface area (Å²) in [4.78, 5) is 32.1. The van der Waals surface area contributed by atoms with Gasteiger partial charge >= 0.3 is 0 Å². The average molecular weight is 472 g/mol. The topological polar surface area (TPSA) is 89.5 Å². The number of amidine groups is 1. The van der Waals surface area contributed by atoms with Crippen molar-refractivity contribution < 1.29 is 23.8 Å². The molecule has 1 atom stereocenters. The molecule has 0 spiro atoms. The third kappa shape index (κ3) is 6.19. The summed E-state index contributed by atoms with van der Waals surface area (Å²) in [6, 6.07) is 12.5. The van der Waals surface area contributed by atoms with Gasteiger partial charge in [-0.15, -0.1) is 0 Å². The van der Waals surface area contributed by atoms with Crippen molar-refractivity contribution in [2.45, 2.75) is 31.4 Å². The van der Waals surface area contributed by atoms with Gasteiger partial charge in [0.25, 0.3) is 0 Å². The smallest absolute Gasteiger partial charge is 0.242 e. The predicted molar refractivity (Wildman–Crippen MR) is 131 cm³/mol. The Morgan fingerprint density at radius 2 is 1.79 bits per heavy atom. The second-order valence-electron chi connectivity index (χ2n) is 7.36. The highest BCUT2D eigenvalue weighted by atomic mass is 32.2. The van der Waals surface area contributed by atoms with Gasteiger partial charge < -0.3 is 19.5 Å². The molecule has 0 bridgehead atoms. The molecule has 0 aromatic heterocycles. The molecule has 2 aromatic rings. The van der Waals surface area contributed by atoms with E-state index < -0.39 is 5.25 Å². The number of methoxy groups -OCH3 is 3. The maximum Gasteiger partial charge on any atom is 0.242 e. The monoisotopic (exact) mass is 471 g/mol. The van der Waals surface area contributed by atoms with Gasteiger partial charge in [-0.2, -0.15) is 0 Å². The largest absolute Gasteiger partial charge is 0.497 e. The third-order valence-electron chi connectivity index (χ3n) is 5.09. The highest BCUT2D eigenvalue weighted by molar-refractivity contribution is 8.15. The first-order valence-electron chi connectivity index (χ1n) is 10.7. The number of ether oxygens (including phenoxy) is 3. The summed E-state index contributed by atoms with van der Waals surface area (Å²) in [7, 11) is 4.69. The molecule has 0 radical (unpaired) electrons. The Morgan fingerprint density at radius 3 is 2.42 bits per heavy atom. The maximum atomic E-state index is 13.1. The highest BCUT2D eigenvalue weighted by Crippen LogP contribution is 2.33. The van der Waals surface area contributed by atoms with E-state index in [2.05, 4.69) is 17.2 Å². The minimum Gasteiger partial charge on any atom is -0.497 e. The van der Waals surface area contributed by atoms with Gasteiger partial charge in [-0.25, -0.2) is 4.99 Å². The van der Waals surface area contributed by atoms with Crippen molar-refractivity contribution in [3.05, 3.63) is 42.5 Å². The highest BCUT2D eigenvalue weighted by Gasteiger charge is 2.38. The van der Waals surface area contributed by atoms with Gasteiger partial charge in [-0.3, -0.25) is 14.5 Å². The van der Waals surface area contributed by atoms with Crippen molar-refractivity contribution in [1.29, 1.82) is 0 Å². The molecule has 1 fully saturated rings. The normalized spacial score (nSPS) is 16.7. The van der Waals surface area contributed by atoms with E-state index in [1.165, 1.54) is 18.9 Å². The Labute approximate surface area is 198 Å². The van der Waals surface area contributed by atoms with E-state index in [1.807, 2.05) is 24.3 Å². The lowest BCUT2D eigenvalue weighted by Crippen LogP contribution is -2.34. The number of rotatable bonds is 10. The minimum atomic E-state index is -0.529. The fourth-order valence-electron chi connectivity index (χ4n) is 3.31. The van der Waals surface area contributed by atoms with Crippen LogP contribution in [0, 0.1) is 0 Å². The molecule has 1 aliphatic heterocycles. The molecule has 1 saturated heterocycles. The van der Waals surface area contributed by atoms with Crippen molar-refractivity contribution in [3.8, 4) is 17.2 Å². The van der Waals surface area contributed by atoms with E-state index in [9.17, 15) is 9.59 Å². The Bertz CT molecular complexity index is 1010. The number of hydrogen-bond acceptors (Lipinski definition) is 7. The molecule has 9 heteroatoms. The van der Waals surface area contributed by atoms with Crippen LogP contribution in [-0.2, 0) is 9.59 Å². The van der Waals surface area contributed by atoms with Crippen LogP contribution in [0.5, 0.6) is 17.2 Å². The number of aliphatic imine (C=N–C) groups is 1. The van der Waals surface area contributed by atoms with E-state index in [0.29, 0.717) is 28.9 Å². The lowest BCUT2D eigenvalue weighted by Gasteiger charge is -2.16. The SMILES string of the molecule is CCCCN1C(=O)C(CC(=O)Nc2ccc(OC)c(OC)c2)SC1=Nc1ccc(OC)cc1. The van der Waals surface area contributed by atoms with Crippen LogP contribution in [0.25, 0.3) is 0 Å². The van der Waals surface area contributed by atoms with E-state index in [1.54, 1.807) is 37.3 Å². The second kappa shape index (κ2) is 11.6. The Morgan fingerprint density at radius 1 is 1.06 bits per heavy atom. The van der Waals surface area contributed by atoms with Crippen LogP contribution in [0.3, 0.4) is 0 Å². The lowest BCUT2D eigenvalue weighted by atomic mass is 10.2. The molecule has 176 valence electrons. The predicted octanol–water partition coefficient (Wildman–Crippen LogP) is 4.47. The summed E-state index contributed by atoms with van der Waals surface area (Å²) in [5, 5.41) is 2.92. The van der Waals surface area contributed by atoms with Crippen molar-refractivity contribution >= 4 is 40.1 Å². The zero-order valence-electron chi connectivity index (χ0n) is 19.3. The number of thioether (sulfide) groups is 1. The molecule has 3 rings (SSSR count). The number of amides is 2.